The summed E-state index contributed by atoms with van der Waals surface area (Å²) in [6.45, 7) is 6.82. The average molecular weight is 247 g/mol. The van der Waals surface area contributed by atoms with E-state index in [9.17, 15) is 0 Å². The van der Waals surface area contributed by atoms with Crippen molar-refractivity contribution in [3.63, 3.8) is 0 Å². The van der Waals surface area contributed by atoms with Crippen molar-refractivity contribution in [1.29, 1.82) is 5.26 Å². The van der Waals surface area contributed by atoms with E-state index in [4.69, 9.17) is 10.00 Å². The molecule has 3 nitrogen and oxygen atoms in total. The molecule has 0 aromatic rings. The molecule has 0 N–H and O–H groups in total. The van der Waals surface area contributed by atoms with Gasteiger partial charge in [0.25, 0.3) is 0 Å². The molecule has 74 valence electrons. The maximum absolute atomic E-state index is 8.43. The van der Waals surface area contributed by atoms with Crippen LogP contribution in [0.5, 0.6) is 0 Å². The molecule has 0 spiro atoms. The molecular weight excluding hydrogens is 232 g/mol. The quantitative estimate of drug-likeness (QED) is 0.687. The molecule has 0 saturated carbocycles. The summed E-state index contributed by atoms with van der Waals surface area (Å²) >= 11 is 3.30. The van der Waals surface area contributed by atoms with Crippen LogP contribution in [0.25, 0.3) is 0 Å². The monoisotopic (exact) mass is 246 g/mol. The highest BCUT2D eigenvalue weighted by Gasteiger charge is 2.04. The number of methoxy groups -OCH3 is 1. The van der Waals surface area contributed by atoms with Gasteiger partial charge in [-0.3, -0.25) is 4.90 Å². The van der Waals surface area contributed by atoms with Gasteiger partial charge in [-0.05, 0) is 0 Å². The Balaban J connectivity index is 3.74. The van der Waals surface area contributed by atoms with Crippen LogP contribution in [0.3, 0.4) is 0 Å². The molecule has 0 aliphatic carbocycles. The smallest absolute Gasteiger partial charge is 0.0635 e. The molecule has 0 heterocycles. The molecule has 0 aliphatic rings. The van der Waals surface area contributed by atoms with Gasteiger partial charge in [0.15, 0.2) is 0 Å². The van der Waals surface area contributed by atoms with Crippen molar-refractivity contribution in [2.75, 3.05) is 33.4 Å². The molecule has 0 radical (unpaired) electrons. The van der Waals surface area contributed by atoms with Crippen molar-refractivity contribution in [3.8, 4) is 6.07 Å². The lowest BCUT2D eigenvalue weighted by Crippen LogP contribution is -2.29. The van der Waals surface area contributed by atoms with Crippen LogP contribution >= 0.6 is 15.9 Å². The van der Waals surface area contributed by atoms with E-state index in [1.165, 1.54) is 0 Å². The van der Waals surface area contributed by atoms with E-state index < -0.39 is 0 Å². The van der Waals surface area contributed by atoms with Gasteiger partial charge in [-0.15, -0.1) is 0 Å². The van der Waals surface area contributed by atoms with Crippen molar-refractivity contribution in [2.45, 2.75) is 6.42 Å². The molecule has 0 aliphatic heterocycles. The first-order valence-corrected chi connectivity index (χ1v) is 4.91. The number of nitrogens with zero attached hydrogens (tertiary/aromatic N) is 2. The van der Waals surface area contributed by atoms with Crippen LogP contribution < -0.4 is 0 Å². The molecule has 0 unspecified atom stereocenters. The van der Waals surface area contributed by atoms with Crippen LogP contribution in [-0.2, 0) is 4.74 Å². The molecule has 0 rings (SSSR count). The van der Waals surface area contributed by atoms with Crippen molar-refractivity contribution >= 4 is 15.9 Å². The van der Waals surface area contributed by atoms with Crippen molar-refractivity contribution in [2.24, 2.45) is 0 Å². The lowest BCUT2D eigenvalue weighted by Gasteiger charge is -2.19. The van der Waals surface area contributed by atoms with Gasteiger partial charge in [-0.25, -0.2) is 0 Å². The summed E-state index contributed by atoms with van der Waals surface area (Å²) in [5.74, 6) is 0. The first kappa shape index (κ1) is 12.6. The Hall–Kier alpha value is -0.370. The third kappa shape index (κ3) is 7.97. The predicted molar refractivity (Wildman–Crippen MR) is 56.6 cm³/mol. The van der Waals surface area contributed by atoms with Crippen LogP contribution in [0.2, 0.25) is 0 Å². The molecule has 0 fully saturated rings. The summed E-state index contributed by atoms with van der Waals surface area (Å²) in [7, 11) is 1.67. The van der Waals surface area contributed by atoms with Crippen molar-refractivity contribution < 1.29 is 4.74 Å². The van der Waals surface area contributed by atoms with E-state index in [0.29, 0.717) is 13.0 Å². The summed E-state index contributed by atoms with van der Waals surface area (Å²) in [6.07, 6.45) is 0.546. The summed E-state index contributed by atoms with van der Waals surface area (Å²) in [6, 6.07) is 2.12. The van der Waals surface area contributed by atoms with Gasteiger partial charge in [-0.1, -0.05) is 22.5 Å². The fourth-order valence-corrected chi connectivity index (χ4v) is 1.30. The third-order valence-corrected chi connectivity index (χ3v) is 1.80. The average Bonchev–Trinajstić information content (AvgIpc) is 2.09. The maximum atomic E-state index is 8.43. The molecule has 0 aromatic heterocycles. The second-order valence-corrected chi connectivity index (χ2v) is 3.82. The summed E-state index contributed by atoms with van der Waals surface area (Å²) in [4.78, 5) is 2.13. The second-order valence-electron chi connectivity index (χ2n) is 2.69. The standard InChI is InChI=1S/C9H15BrN2O/c1-9(10)8-12(5-3-4-11)6-7-13-2/h1,3,5-8H2,2H3. The zero-order valence-electron chi connectivity index (χ0n) is 7.92. The Labute approximate surface area is 88.1 Å². The van der Waals surface area contributed by atoms with Crippen LogP contribution in [-0.4, -0.2) is 38.3 Å². The fourth-order valence-electron chi connectivity index (χ4n) is 0.941. The third-order valence-electron chi connectivity index (χ3n) is 1.55. The lowest BCUT2D eigenvalue weighted by molar-refractivity contribution is 0.155. The zero-order valence-corrected chi connectivity index (χ0v) is 9.51. The first-order chi connectivity index (χ1) is 6.20. The molecule has 13 heavy (non-hydrogen) atoms. The van der Waals surface area contributed by atoms with Gasteiger partial charge < -0.3 is 4.74 Å². The minimum atomic E-state index is 0.546. The number of nitriles is 1. The Morgan fingerprint density at radius 2 is 2.31 bits per heavy atom. The topological polar surface area (TPSA) is 36.3 Å². The Kier molecular flexibility index (Phi) is 8.00. The highest BCUT2D eigenvalue weighted by molar-refractivity contribution is 9.11. The summed E-state index contributed by atoms with van der Waals surface area (Å²) in [5, 5.41) is 8.43. The van der Waals surface area contributed by atoms with Crippen LogP contribution in [0.1, 0.15) is 6.42 Å². The molecule has 0 amide bonds. The van der Waals surface area contributed by atoms with E-state index >= 15 is 0 Å². The van der Waals surface area contributed by atoms with E-state index in [1.807, 2.05) is 0 Å². The van der Waals surface area contributed by atoms with Gasteiger partial charge in [0.1, 0.15) is 0 Å². The minimum Gasteiger partial charge on any atom is -0.383 e. The number of hydrogen-bond donors (Lipinski definition) is 0. The van der Waals surface area contributed by atoms with Crippen LogP contribution in [0.15, 0.2) is 11.1 Å². The van der Waals surface area contributed by atoms with Gasteiger partial charge in [0.2, 0.25) is 0 Å². The number of ether oxygens (including phenoxy) is 1. The highest BCUT2D eigenvalue weighted by Crippen LogP contribution is 2.04. The number of hydrogen-bond acceptors (Lipinski definition) is 3. The molecule has 0 atom stereocenters. The van der Waals surface area contributed by atoms with E-state index in [0.717, 1.165) is 24.1 Å². The molecule has 0 bridgehead atoms. The highest BCUT2D eigenvalue weighted by atomic mass is 79.9. The summed E-state index contributed by atoms with van der Waals surface area (Å²) in [5.41, 5.74) is 0. The summed E-state index contributed by atoms with van der Waals surface area (Å²) < 4.78 is 5.90. The molecular formula is C9H15BrN2O. The Morgan fingerprint density at radius 3 is 2.77 bits per heavy atom. The SMILES string of the molecule is C=C(Br)CN(CCC#N)CCOC. The normalized spacial score (nSPS) is 10.0. The fraction of sp³-hybridized carbons (Fsp3) is 0.667. The predicted octanol–water partition coefficient (Wildman–Crippen LogP) is 1.76. The number of rotatable bonds is 7. The van der Waals surface area contributed by atoms with Crippen LogP contribution in [0, 0.1) is 11.3 Å². The number of halogens is 1. The minimum absolute atomic E-state index is 0.546. The Bertz CT molecular complexity index is 189. The van der Waals surface area contributed by atoms with Crippen LogP contribution in [0.4, 0.5) is 0 Å². The Morgan fingerprint density at radius 1 is 1.62 bits per heavy atom. The van der Waals surface area contributed by atoms with E-state index in [1.54, 1.807) is 7.11 Å². The van der Waals surface area contributed by atoms with Crippen molar-refractivity contribution in [3.05, 3.63) is 11.1 Å². The van der Waals surface area contributed by atoms with Gasteiger partial charge in [0, 0.05) is 37.6 Å². The van der Waals surface area contributed by atoms with Gasteiger partial charge >= 0.3 is 0 Å². The largest absolute Gasteiger partial charge is 0.383 e. The second kappa shape index (κ2) is 8.24. The first-order valence-electron chi connectivity index (χ1n) is 4.12. The van der Waals surface area contributed by atoms with E-state index in [-0.39, 0.29) is 0 Å². The maximum Gasteiger partial charge on any atom is 0.0635 e. The lowest BCUT2D eigenvalue weighted by atomic mass is 10.4. The van der Waals surface area contributed by atoms with Gasteiger partial charge in [0.05, 0.1) is 12.7 Å². The van der Waals surface area contributed by atoms with Gasteiger partial charge in [-0.2, -0.15) is 5.26 Å². The van der Waals surface area contributed by atoms with Crippen molar-refractivity contribution in [1.82, 2.24) is 4.90 Å². The molecule has 0 saturated heterocycles. The van der Waals surface area contributed by atoms with E-state index in [2.05, 4.69) is 33.5 Å². The zero-order chi connectivity index (χ0) is 10.1. The molecule has 0 aromatic carbocycles. The molecule has 4 heteroatoms.